The molecule has 0 saturated heterocycles. The summed E-state index contributed by atoms with van der Waals surface area (Å²) in [7, 11) is 0. The minimum Gasteiger partial charge on any atom is -0.310 e. The highest BCUT2D eigenvalue weighted by atomic mass is 32.1. The number of anilines is 3. The normalized spacial score (nSPS) is 13.4. The number of benzene rings is 10. The van der Waals surface area contributed by atoms with E-state index in [2.05, 4.69) is 205 Å². The van der Waals surface area contributed by atoms with E-state index < -0.39 is 5.41 Å². The highest BCUT2D eigenvalue weighted by Gasteiger charge is 2.53. The minimum absolute atomic E-state index is 0.493. The molecule has 0 amide bonds. The van der Waals surface area contributed by atoms with Crippen molar-refractivity contribution < 1.29 is 0 Å². The summed E-state index contributed by atoms with van der Waals surface area (Å²) >= 11 is 1.86. The van der Waals surface area contributed by atoms with Crippen molar-refractivity contribution in [3.63, 3.8) is 0 Å². The molecule has 13 rings (SSSR count). The molecular weight excluding hydrogens is 707 g/mol. The van der Waals surface area contributed by atoms with E-state index in [1.165, 1.54) is 97.0 Å². The molecule has 2 aliphatic rings. The second-order valence-corrected chi connectivity index (χ2v) is 16.6. The fraction of sp³-hybridized carbons (Fsp3) is 0.0182. The van der Waals surface area contributed by atoms with Crippen LogP contribution in [0.3, 0.4) is 0 Å². The third kappa shape index (κ3) is 4.07. The van der Waals surface area contributed by atoms with Crippen molar-refractivity contribution >= 4 is 80.9 Å². The van der Waals surface area contributed by atoms with Gasteiger partial charge in [0.2, 0.25) is 0 Å². The van der Waals surface area contributed by atoms with E-state index in [0.29, 0.717) is 0 Å². The highest BCUT2D eigenvalue weighted by molar-refractivity contribution is 7.25. The molecule has 11 aromatic rings. The summed E-state index contributed by atoms with van der Waals surface area (Å²) in [6.07, 6.45) is 0. The molecule has 10 aromatic carbocycles. The van der Waals surface area contributed by atoms with Crippen LogP contribution in [0.2, 0.25) is 0 Å². The molecule has 2 heteroatoms. The maximum atomic E-state index is 2.43. The molecule has 1 heterocycles. The van der Waals surface area contributed by atoms with Crippen molar-refractivity contribution in [1.29, 1.82) is 0 Å². The van der Waals surface area contributed by atoms with Crippen LogP contribution >= 0.6 is 11.3 Å². The zero-order valence-electron chi connectivity index (χ0n) is 30.9. The van der Waals surface area contributed by atoms with Crippen LogP contribution in [-0.2, 0) is 5.41 Å². The van der Waals surface area contributed by atoms with Gasteiger partial charge in [-0.2, -0.15) is 0 Å². The Bertz CT molecular complexity index is 3440. The predicted molar refractivity (Wildman–Crippen MR) is 243 cm³/mol. The molecule has 0 saturated carbocycles. The lowest BCUT2D eigenvalue weighted by atomic mass is 9.68. The first-order chi connectivity index (χ1) is 28.3. The first-order valence-electron chi connectivity index (χ1n) is 19.8. The molecule has 0 radical (unpaired) electrons. The number of rotatable bonds is 3. The smallest absolute Gasteiger partial charge is 0.0737 e. The van der Waals surface area contributed by atoms with Crippen LogP contribution in [0.1, 0.15) is 22.3 Å². The average molecular weight is 740 g/mol. The van der Waals surface area contributed by atoms with Gasteiger partial charge in [0.05, 0.1) is 5.41 Å². The van der Waals surface area contributed by atoms with Crippen LogP contribution in [0.15, 0.2) is 200 Å². The molecule has 0 atom stereocenters. The first kappa shape index (κ1) is 31.2. The standard InChI is InChI=1S/C55H33NS/c1-2-14-35(15-3-1)56(37-28-31-51-47(33-37)43-20-10-13-25-50(43)57-51)36-27-30-38-34(32-36)26-29-46-52-44-21-6-4-16-39(44)40-17-5-7-22-45(40)54(52)55(53(38)46)48-23-11-8-18-41(48)42-19-9-12-24-49(42)55/h1-33H. The SMILES string of the molecule is c1ccc(N(c2ccc3c4c(ccc3c2)-c2c(c3ccccc3c3ccccc23)C42c3ccccc3-c3ccccc32)c2ccc3sc4ccccc4c3c2)cc1. The Morgan fingerprint density at radius 1 is 0.333 bits per heavy atom. The molecule has 264 valence electrons. The van der Waals surface area contributed by atoms with Gasteiger partial charge in [-0.15, -0.1) is 11.3 Å². The zero-order chi connectivity index (χ0) is 37.2. The third-order valence-electron chi connectivity index (χ3n) is 12.8. The lowest BCUT2D eigenvalue weighted by Gasteiger charge is -2.33. The maximum Gasteiger partial charge on any atom is 0.0737 e. The van der Waals surface area contributed by atoms with Gasteiger partial charge in [-0.05, 0) is 125 Å². The summed E-state index contributed by atoms with van der Waals surface area (Å²) in [6, 6.07) is 75.0. The molecule has 1 nitrogen and oxygen atoms in total. The summed E-state index contributed by atoms with van der Waals surface area (Å²) < 4.78 is 2.63. The van der Waals surface area contributed by atoms with Crippen LogP contribution in [0.4, 0.5) is 17.1 Å². The van der Waals surface area contributed by atoms with Gasteiger partial charge < -0.3 is 4.90 Å². The summed E-state index contributed by atoms with van der Waals surface area (Å²) in [6.45, 7) is 0. The Kier molecular flexibility index (Phi) is 6.31. The fourth-order valence-electron chi connectivity index (χ4n) is 10.7. The zero-order valence-corrected chi connectivity index (χ0v) is 31.7. The monoisotopic (exact) mass is 739 g/mol. The van der Waals surface area contributed by atoms with Crippen molar-refractivity contribution in [2.75, 3.05) is 4.90 Å². The van der Waals surface area contributed by atoms with Gasteiger partial charge >= 0.3 is 0 Å². The fourth-order valence-corrected chi connectivity index (χ4v) is 11.7. The second-order valence-electron chi connectivity index (χ2n) is 15.5. The summed E-state index contributed by atoms with van der Waals surface area (Å²) in [4.78, 5) is 2.42. The minimum atomic E-state index is -0.493. The van der Waals surface area contributed by atoms with Crippen LogP contribution in [-0.4, -0.2) is 0 Å². The van der Waals surface area contributed by atoms with Crippen LogP contribution in [0.5, 0.6) is 0 Å². The van der Waals surface area contributed by atoms with Crippen LogP contribution in [0.25, 0.3) is 74.7 Å². The van der Waals surface area contributed by atoms with Crippen molar-refractivity contribution in [1.82, 2.24) is 0 Å². The van der Waals surface area contributed by atoms with Gasteiger partial charge in [-0.25, -0.2) is 0 Å². The molecule has 2 aliphatic carbocycles. The van der Waals surface area contributed by atoms with E-state index in [0.717, 1.165) is 17.1 Å². The number of para-hydroxylation sites is 1. The van der Waals surface area contributed by atoms with Crippen molar-refractivity contribution in [3.05, 3.63) is 222 Å². The number of hydrogen-bond donors (Lipinski definition) is 0. The Hall–Kier alpha value is -7.00. The molecule has 0 bridgehead atoms. The van der Waals surface area contributed by atoms with Gasteiger partial charge in [0.15, 0.2) is 0 Å². The molecule has 57 heavy (non-hydrogen) atoms. The number of nitrogens with zero attached hydrogens (tertiary/aromatic N) is 1. The maximum absolute atomic E-state index is 2.43. The van der Waals surface area contributed by atoms with Crippen LogP contribution < -0.4 is 4.90 Å². The third-order valence-corrected chi connectivity index (χ3v) is 14.0. The summed E-state index contributed by atoms with van der Waals surface area (Å²) in [5, 5.41) is 10.4. The van der Waals surface area contributed by atoms with Crippen LogP contribution in [0, 0.1) is 0 Å². The molecule has 0 N–H and O–H groups in total. The molecule has 0 aliphatic heterocycles. The van der Waals surface area contributed by atoms with E-state index in [-0.39, 0.29) is 0 Å². The summed E-state index contributed by atoms with van der Waals surface area (Å²) in [5.74, 6) is 0. The van der Waals surface area contributed by atoms with E-state index in [9.17, 15) is 0 Å². The van der Waals surface area contributed by atoms with Gasteiger partial charge in [-0.3, -0.25) is 0 Å². The van der Waals surface area contributed by atoms with Gasteiger partial charge in [0, 0.05) is 37.2 Å². The van der Waals surface area contributed by atoms with Gasteiger partial charge in [-0.1, -0.05) is 152 Å². The Balaban J connectivity index is 1.13. The predicted octanol–water partition coefficient (Wildman–Crippen LogP) is 15.3. The Labute approximate surface area is 334 Å². The van der Waals surface area contributed by atoms with Crippen molar-refractivity contribution in [3.8, 4) is 22.3 Å². The quantitative estimate of drug-likeness (QED) is 0.163. The van der Waals surface area contributed by atoms with E-state index in [1.54, 1.807) is 0 Å². The molecule has 0 unspecified atom stereocenters. The largest absolute Gasteiger partial charge is 0.310 e. The molecule has 1 spiro atoms. The number of fused-ring (bicyclic) bond motifs is 20. The van der Waals surface area contributed by atoms with Gasteiger partial charge in [0.1, 0.15) is 0 Å². The Morgan fingerprint density at radius 3 is 1.68 bits per heavy atom. The average Bonchev–Trinajstić information content (AvgIpc) is 3.91. The number of thiophene rings is 1. The van der Waals surface area contributed by atoms with E-state index in [1.807, 2.05) is 11.3 Å². The van der Waals surface area contributed by atoms with E-state index in [4.69, 9.17) is 0 Å². The topological polar surface area (TPSA) is 3.24 Å². The van der Waals surface area contributed by atoms with Crippen molar-refractivity contribution in [2.45, 2.75) is 5.41 Å². The lowest BCUT2D eigenvalue weighted by molar-refractivity contribution is 0.809. The highest BCUT2D eigenvalue weighted by Crippen LogP contribution is 2.66. The molecule has 0 fully saturated rings. The lowest BCUT2D eigenvalue weighted by Crippen LogP contribution is -2.26. The molecular formula is C55H33NS. The van der Waals surface area contributed by atoms with E-state index >= 15 is 0 Å². The van der Waals surface area contributed by atoms with Crippen molar-refractivity contribution in [2.24, 2.45) is 0 Å². The summed E-state index contributed by atoms with van der Waals surface area (Å²) in [5.41, 5.74) is 13.8. The Morgan fingerprint density at radius 2 is 0.912 bits per heavy atom. The molecule has 1 aromatic heterocycles. The van der Waals surface area contributed by atoms with Gasteiger partial charge in [0.25, 0.3) is 0 Å². The number of hydrogen-bond acceptors (Lipinski definition) is 2. The second kappa shape index (κ2) is 11.5. The first-order valence-corrected chi connectivity index (χ1v) is 20.6.